The van der Waals surface area contributed by atoms with Crippen LogP contribution in [0.4, 0.5) is 4.39 Å². The van der Waals surface area contributed by atoms with Crippen molar-refractivity contribution in [3.8, 4) is 21.7 Å². The molecule has 0 unspecified atom stereocenters. The second kappa shape index (κ2) is 8.57. The van der Waals surface area contributed by atoms with Crippen molar-refractivity contribution in [1.82, 2.24) is 4.98 Å². The summed E-state index contributed by atoms with van der Waals surface area (Å²) in [6.45, 7) is 0. The van der Waals surface area contributed by atoms with E-state index in [-0.39, 0.29) is 20.7 Å². The maximum absolute atomic E-state index is 13.5. The van der Waals surface area contributed by atoms with Crippen LogP contribution in [0.1, 0.15) is 5.56 Å². The summed E-state index contributed by atoms with van der Waals surface area (Å²) >= 11 is 0.942. The largest absolute Gasteiger partial charge is 0.224 e. The molecule has 0 N–H and O–H groups in total. The normalized spacial score (nSPS) is 12.1. The minimum atomic E-state index is -3.80. The summed E-state index contributed by atoms with van der Waals surface area (Å²) in [6.07, 6.45) is 1.09. The third-order valence-electron chi connectivity index (χ3n) is 4.72. The van der Waals surface area contributed by atoms with Gasteiger partial charge in [-0.2, -0.15) is 0 Å². The third kappa shape index (κ3) is 4.64. The fourth-order valence-corrected chi connectivity index (χ4v) is 6.88. The fourth-order valence-electron chi connectivity index (χ4n) is 3.25. The predicted octanol–water partition coefficient (Wildman–Crippen LogP) is 4.99. The molecule has 5 nitrogen and oxygen atoms in total. The highest BCUT2D eigenvalue weighted by molar-refractivity contribution is 7.92. The van der Waals surface area contributed by atoms with Gasteiger partial charge in [0.1, 0.15) is 5.82 Å². The van der Waals surface area contributed by atoms with Crippen LogP contribution >= 0.6 is 11.3 Å². The molecule has 3 aromatic carbocycles. The van der Waals surface area contributed by atoms with Crippen LogP contribution in [-0.4, -0.2) is 28.1 Å². The van der Waals surface area contributed by atoms with Crippen LogP contribution in [0.25, 0.3) is 21.7 Å². The Labute approximate surface area is 190 Å². The highest BCUT2D eigenvalue weighted by atomic mass is 32.2. The van der Waals surface area contributed by atoms with Crippen LogP contribution in [0, 0.1) is 5.82 Å². The molecule has 0 radical (unpaired) electrons. The lowest BCUT2D eigenvalue weighted by atomic mass is 10.1. The van der Waals surface area contributed by atoms with Crippen molar-refractivity contribution in [2.75, 3.05) is 6.26 Å². The van der Waals surface area contributed by atoms with Crippen molar-refractivity contribution >= 4 is 31.0 Å². The second-order valence-electron chi connectivity index (χ2n) is 7.18. The summed E-state index contributed by atoms with van der Waals surface area (Å²) in [6, 6.07) is 20.6. The molecule has 0 aliphatic carbocycles. The summed E-state index contributed by atoms with van der Waals surface area (Å²) in [5.74, 6) is -0.675. The first-order valence-electron chi connectivity index (χ1n) is 9.48. The molecule has 0 aliphatic rings. The Morgan fingerprint density at radius 1 is 0.844 bits per heavy atom. The molecule has 0 amide bonds. The Morgan fingerprint density at radius 3 is 2.12 bits per heavy atom. The monoisotopic (exact) mass is 487 g/mol. The molecule has 9 heteroatoms. The van der Waals surface area contributed by atoms with Crippen LogP contribution in [0.15, 0.2) is 88.1 Å². The SMILES string of the molecule is CS(=O)(=O)c1ccccc1-c1nc(S(=O)(=O)Cc2ccccc2)sc1-c1ccc(F)cc1. The van der Waals surface area contributed by atoms with E-state index < -0.39 is 25.5 Å². The quantitative estimate of drug-likeness (QED) is 0.383. The molecule has 4 rings (SSSR count). The summed E-state index contributed by atoms with van der Waals surface area (Å²) < 4.78 is 64.4. The van der Waals surface area contributed by atoms with Gasteiger partial charge in [0.25, 0.3) is 0 Å². The van der Waals surface area contributed by atoms with Crippen molar-refractivity contribution in [3.05, 3.63) is 90.2 Å². The predicted molar refractivity (Wildman–Crippen MR) is 123 cm³/mol. The van der Waals surface area contributed by atoms with Gasteiger partial charge in [0.05, 0.1) is 21.2 Å². The Balaban J connectivity index is 1.92. The highest BCUT2D eigenvalue weighted by Gasteiger charge is 2.27. The molecule has 4 aromatic rings. The van der Waals surface area contributed by atoms with Crippen molar-refractivity contribution in [1.29, 1.82) is 0 Å². The zero-order valence-electron chi connectivity index (χ0n) is 16.9. The van der Waals surface area contributed by atoms with Gasteiger partial charge >= 0.3 is 0 Å². The zero-order chi connectivity index (χ0) is 22.9. The zero-order valence-corrected chi connectivity index (χ0v) is 19.3. The number of benzene rings is 3. The van der Waals surface area contributed by atoms with Crippen molar-refractivity contribution in [2.45, 2.75) is 15.0 Å². The van der Waals surface area contributed by atoms with Crippen LogP contribution in [0.5, 0.6) is 0 Å². The maximum Gasteiger partial charge on any atom is 0.210 e. The van der Waals surface area contributed by atoms with Crippen LogP contribution in [0.2, 0.25) is 0 Å². The van der Waals surface area contributed by atoms with E-state index in [4.69, 9.17) is 0 Å². The molecule has 0 bridgehead atoms. The first-order chi connectivity index (χ1) is 15.1. The van der Waals surface area contributed by atoms with Gasteiger partial charge in [0.2, 0.25) is 14.2 Å². The Kier molecular flexibility index (Phi) is 5.98. The Bertz CT molecular complexity index is 1480. The van der Waals surface area contributed by atoms with Gasteiger partial charge in [-0.3, -0.25) is 0 Å². The van der Waals surface area contributed by atoms with Crippen molar-refractivity contribution in [2.24, 2.45) is 0 Å². The summed E-state index contributed by atoms with van der Waals surface area (Å²) in [5.41, 5.74) is 1.69. The molecule has 32 heavy (non-hydrogen) atoms. The average molecular weight is 488 g/mol. The first-order valence-corrected chi connectivity index (χ1v) is 13.8. The molecular weight excluding hydrogens is 469 g/mol. The number of nitrogens with zero attached hydrogens (tertiary/aromatic N) is 1. The minimum absolute atomic E-state index is 0.0423. The molecule has 164 valence electrons. The van der Waals surface area contributed by atoms with E-state index in [1.54, 1.807) is 48.5 Å². The Hall–Kier alpha value is -2.88. The van der Waals surface area contributed by atoms with Crippen molar-refractivity contribution < 1.29 is 21.2 Å². The number of halogens is 1. The van der Waals surface area contributed by atoms with Gasteiger partial charge < -0.3 is 0 Å². The van der Waals surface area contributed by atoms with Crippen LogP contribution in [-0.2, 0) is 25.4 Å². The van der Waals surface area contributed by atoms with Gasteiger partial charge in [-0.05, 0) is 29.3 Å². The van der Waals surface area contributed by atoms with E-state index in [0.29, 0.717) is 21.6 Å². The van der Waals surface area contributed by atoms with E-state index >= 15 is 0 Å². The topological polar surface area (TPSA) is 81.2 Å². The number of sulfone groups is 2. The molecule has 0 saturated heterocycles. The van der Waals surface area contributed by atoms with E-state index in [1.807, 2.05) is 0 Å². The van der Waals surface area contributed by atoms with E-state index in [1.165, 1.54) is 30.3 Å². The van der Waals surface area contributed by atoms with Crippen molar-refractivity contribution in [3.63, 3.8) is 0 Å². The highest BCUT2D eigenvalue weighted by Crippen LogP contribution is 2.41. The third-order valence-corrected chi connectivity index (χ3v) is 9.12. The number of rotatable bonds is 6. The number of hydrogen-bond acceptors (Lipinski definition) is 6. The van der Waals surface area contributed by atoms with Gasteiger partial charge in [0.15, 0.2) is 9.84 Å². The van der Waals surface area contributed by atoms with Gasteiger partial charge in [-0.15, -0.1) is 11.3 Å². The molecule has 1 heterocycles. The van der Waals surface area contributed by atoms with Gasteiger partial charge in [-0.25, -0.2) is 26.2 Å². The molecule has 0 aliphatic heterocycles. The van der Waals surface area contributed by atoms with E-state index in [9.17, 15) is 21.2 Å². The molecule has 0 saturated carbocycles. The Morgan fingerprint density at radius 2 is 1.47 bits per heavy atom. The lowest BCUT2D eigenvalue weighted by Gasteiger charge is -2.08. The van der Waals surface area contributed by atoms with Crippen LogP contribution < -0.4 is 0 Å². The number of thiazole rings is 1. The summed E-state index contributed by atoms with van der Waals surface area (Å²) in [4.78, 5) is 4.89. The first kappa shape index (κ1) is 22.3. The number of hydrogen-bond donors (Lipinski definition) is 0. The summed E-state index contributed by atoms with van der Waals surface area (Å²) in [7, 11) is -7.41. The lowest BCUT2D eigenvalue weighted by molar-refractivity contribution is 0.594. The molecule has 0 atom stereocenters. The second-order valence-corrected chi connectivity index (χ2v) is 12.3. The van der Waals surface area contributed by atoms with Gasteiger partial charge in [-0.1, -0.05) is 60.7 Å². The maximum atomic E-state index is 13.5. The smallest absolute Gasteiger partial charge is 0.210 e. The molecule has 0 spiro atoms. The molecular formula is C23H18FNO4S3. The lowest BCUT2D eigenvalue weighted by Crippen LogP contribution is -2.05. The van der Waals surface area contributed by atoms with Crippen LogP contribution in [0.3, 0.4) is 0 Å². The van der Waals surface area contributed by atoms with E-state index in [2.05, 4.69) is 4.98 Å². The molecule has 1 aromatic heterocycles. The standard InChI is InChI=1S/C23H18FNO4S3/c1-31(26,27)20-10-6-5-9-19(20)21-22(17-11-13-18(24)14-12-17)30-23(25-21)32(28,29)15-16-7-3-2-4-8-16/h2-14H,15H2,1H3. The minimum Gasteiger partial charge on any atom is -0.224 e. The number of aromatic nitrogens is 1. The fraction of sp³-hybridized carbons (Fsp3) is 0.0870. The van der Waals surface area contributed by atoms with Gasteiger partial charge in [0, 0.05) is 11.8 Å². The molecule has 0 fully saturated rings. The summed E-state index contributed by atoms with van der Waals surface area (Å²) in [5, 5.41) is 0. The average Bonchev–Trinajstić information content (AvgIpc) is 3.20. The van der Waals surface area contributed by atoms with E-state index in [0.717, 1.165) is 17.6 Å².